The molecule has 0 saturated carbocycles. The van der Waals surface area contributed by atoms with Gasteiger partial charge in [0.2, 0.25) is 0 Å². The predicted octanol–water partition coefficient (Wildman–Crippen LogP) is 2.11. The number of nitrogens with one attached hydrogen (secondary N) is 1. The predicted molar refractivity (Wildman–Crippen MR) is 58.1 cm³/mol. The summed E-state index contributed by atoms with van der Waals surface area (Å²) < 4.78 is 0. The van der Waals surface area contributed by atoms with Crippen LogP contribution in [0.15, 0.2) is 0 Å². The first-order chi connectivity index (χ1) is 5.27. The van der Waals surface area contributed by atoms with E-state index < -0.39 is 0 Å². The molecule has 12 heavy (non-hydrogen) atoms. The van der Waals surface area contributed by atoms with Crippen molar-refractivity contribution in [2.45, 2.75) is 51.9 Å². The second-order valence-corrected chi connectivity index (χ2v) is 6.21. The van der Waals surface area contributed by atoms with Gasteiger partial charge in [0, 0.05) is 0 Å². The van der Waals surface area contributed by atoms with Crippen LogP contribution >= 0.6 is 0 Å². The van der Waals surface area contributed by atoms with E-state index in [-0.39, 0.29) is 5.54 Å². The molecule has 0 aliphatic carbocycles. The Morgan fingerprint density at radius 1 is 1.08 bits per heavy atom. The van der Waals surface area contributed by atoms with Gasteiger partial charge in [-0.25, -0.2) is 0 Å². The molecule has 2 heteroatoms. The number of rotatable bonds is 4. The molecule has 0 bridgehead atoms. The van der Waals surface area contributed by atoms with Crippen LogP contribution in [0.3, 0.4) is 0 Å². The third kappa shape index (κ3) is 7.15. The van der Waals surface area contributed by atoms with E-state index in [2.05, 4.69) is 55.9 Å². The summed E-state index contributed by atoms with van der Waals surface area (Å²) in [4.78, 5) is 0. The van der Waals surface area contributed by atoms with Crippen molar-refractivity contribution in [3.05, 3.63) is 0 Å². The van der Waals surface area contributed by atoms with E-state index in [1.807, 2.05) is 0 Å². The molecule has 0 aromatic carbocycles. The van der Waals surface area contributed by atoms with Gasteiger partial charge in [-0.3, -0.25) is 0 Å². The van der Waals surface area contributed by atoms with Crippen LogP contribution in [-0.4, -0.2) is 28.1 Å². The van der Waals surface area contributed by atoms with Crippen molar-refractivity contribution in [1.29, 1.82) is 0 Å². The average Bonchev–Trinajstić information content (AvgIpc) is 1.78. The zero-order valence-electron chi connectivity index (χ0n) is 9.07. The first-order valence-corrected chi connectivity index (χ1v) is 5.95. The molecule has 0 fully saturated rings. The molecule has 0 rings (SSSR count). The molecular formula is C10H23NSe. The second kappa shape index (κ2) is 4.64. The van der Waals surface area contributed by atoms with Crippen molar-refractivity contribution in [1.82, 2.24) is 5.32 Å². The Balaban J connectivity index is 3.86. The molecule has 0 aliphatic heterocycles. The summed E-state index contributed by atoms with van der Waals surface area (Å²) in [5.74, 6) is 0. The SMILES string of the molecule is CC(C)(C)CC(C)(C)NCC[SeH]. The van der Waals surface area contributed by atoms with E-state index in [9.17, 15) is 0 Å². The maximum atomic E-state index is 3.55. The molecule has 0 aromatic heterocycles. The van der Waals surface area contributed by atoms with Crippen molar-refractivity contribution in [2.24, 2.45) is 5.41 Å². The summed E-state index contributed by atoms with van der Waals surface area (Å²) in [6.07, 6.45) is 1.22. The van der Waals surface area contributed by atoms with Crippen LogP contribution in [0.25, 0.3) is 0 Å². The van der Waals surface area contributed by atoms with Gasteiger partial charge in [-0.2, -0.15) is 0 Å². The van der Waals surface area contributed by atoms with E-state index in [0.29, 0.717) is 5.41 Å². The molecular weight excluding hydrogens is 213 g/mol. The Hall–Kier alpha value is 0.479. The maximum absolute atomic E-state index is 3.55. The molecule has 0 aliphatic rings. The molecule has 0 aromatic rings. The van der Waals surface area contributed by atoms with Crippen LogP contribution < -0.4 is 5.32 Å². The molecule has 0 saturated heterocycles. The Kier molecular flexibility index (Phi) is 4.83. The van der Waals surface area contributed by atoms with Gasteiger partial charge in [0.25, 0.3) is 0 Å². The summed E-state index contributed by atoms with van der Waals surface area (Å²) in [6.45, 7) is 12.5. The van der Waals surface area contributed by atoms with Gasteiger partial charge in [0.15, 0.2) is 0 Å². The third-order valence-electron chi connectivity index (χ3n) is 1.69. The first kappa shape index (κ1) is 12.5. The van der Waals surface area contributed by atoms with Crippen molar-refractivity contribution in [3.8, 4) is 0 Å². The Labute approximate surface area is 85.5 Å². The number of hydrogen-bond donors (Lipinski definition) is 1. The van der Waals surface area contributed by atoms with Crippen molar-refractivity contribution in [2.75, 3.05) is 6.54 Å². The summed E-state index contributed by atoms with van der Waals surface area (Å²) in [6, 6.07) is 0. The van der Waals surface area contributed by atoms with Crippen LogP contribution in [-0.2, 0) is 0 Å². The zero-order valence-corrected chi connectivity index (χ0v) is 10.9. The van der Waals surface area contributed by atoms with Gasteiger partial charge in [-0.1, -0.05) is 0 Å². The summed E-state index contributed by atoms with van der Waals surface area (Å²) in [5.41, 5.74) is 0.692. The van der Waals surface area contributed by atoms with E-state index in [1.54, 1.807) is 0 Å². The van der Waals surface area contributed by atoms with Gasteiger partial charge >= 0.3 is 85.2 Å². The Morgan fingerprint density at radius 3 is 1.92 bits per heavy atom. The van der Waals surface area contributed by atoms with Crippen LogP contribution in [0.5, 0.6) is 0 Å². The van der Waals surface area contributed by atoms with E-state index in [4.69, 9.17) is 0 Å². The Morgan fingerprint density at radius 2 is 1.58 bits per heavy atom. The molecule has 0 radical (unpaired) electrons. The fraction of sp³-hybridized carbons (Fsp3) is 1.00. The molecule has 0 spiro atoms. The number of hydrogen-bond acceptors (Lipinski definition) is 1. The monoisotopic (exact) mass is 237 g/mol. The van der Waals surface area contributed by atoms with Gasteiger partial charge in [-0.05, 0) is 0 Å². The normalized spacial score (nSPS) is 13.5. The first-order valence-electron chi connectivity index (χ1n) is 4.63. The van der Waals surface area contributed by atoms with Crippen molar-refractivity contribution >= 4 is 16.0 Å². The Bertz CT molecular complexity index is 124. The fourth-order valence-electron chi connectivity index (χ4n) is 1.78. The fourth-order valence-corrected chi connectivity index (χ4v) is 2.02. The van der Waals surface area contributed by atoms with Crippen LogP contribution in [0.2, 0.25) is 5.32 Å². The quantitative estimate of drug-likeness (QED) is 0.737. The third-order valence-corrected chi connectivity index (χ3v) is 2.16. The molecule has 0 unspecified atom stereocenters. The van der Waals surface area contributed by atoms with Crippen LogP contribution in [0.4, 0.5) is 0 Å². The molecule has 0 atom stereocenters. The molecule has 0 amide bonds. The topological polar surface area (TPSA) is 12.0 Å². The van der Waals surface area contributed by atoms with Crippen LogP contribution in [0.1, 0.15) is 41.0 Å². The summed E-state index contributed by atoms with van der Waals surface area (Å²) >= 11 is 2.61. The average molecular weight is 236 g/mol. The standard InChI is InChI=1S/C10H23NSe/c1-9(2,3)8-10(4,5)11-6-7-12/h11-12H,6-8H2,1-5H3. The van der Waals surface area contributed by atoms with Gasteiger partial charge in [0.1, 0.15) is 0 Å². The molecule has 74 valence electrons. The minimum absolute atomic E-state index is 0.276. The van der Waals surface area contributed by atoms with Crippen molar-refractivity contribution < 1.29 is 0 Å². The zero-order chi connectivity index (χ0) is 9.83. The van der Waals surface area contributed by atoms with E-state index in [1.165, 1.54) is 6.42 Å². The van der Waals surface area contributed by atoms with Gasteiger partial charge in [-0.15, -0.1) is 0 Å². The van der Waals surface area contributed by atoms with Crippen molar-refractivity contribution in [3.63, 3.8) is 0 Å². The summed E-state index contributed by atoms with van der Waals surface area (Å²) in [7, 11) is 0. The second-order valence-electron chi connectivity index (χ2n) is 5.27. The minimum atomic E-state index is 0.276. The van der Waals surface area contributed by atoms with Gasteiger partial charge in [0.05, 0.1) is 0 Å². The molecule has 1 N–H and O–H groups in total. The molecule has 0 heterocycles. The molecule has 1 nitrogen and oxygen atoms in total. The summed E-state index contributed by atoms with van der Waals surface area (Å²) in [5, 5.41) is 4.70. The van der Waals surface area contributed by atoms with Gasteiger partial charge < -0.3 is 0 Å². The van der Waals surface area contributed by atoms with Crippen LogP contribution in [0, 0.1) is 5.41 Å². The van der Waals surface area contributed by atoms with E-state index >= 15 is 0 Å². The van der Waals surface area contributed by atoms with E-state index in [0.717, 1.165) is 11.9 Å².